The number of benzene rings is 2. The van der Waals surface area contributed by atoms with Crippen molar-refractivity contribution in [2.45, 2.75) is 34.1 Å². The minimum atomic E-state index is -0.997. The number of hydrogen-bond acceptors (Lipinski definition) is 17. The number of fused-ring (bicyclic) bond motifs is 2. The first kappa shape index (κ1) is 45.7. The molecule has 1 saturated heterocycles. The summed E-state index contributed by atoms with van der Waals surface area (Å²) in [5.74, 6) is -4.05. The van der Waals surface area contributed by atoms with Crippen LogP contribution in [-0.2, 0) is 23.7 Å². The second kappa shape index (κ2) is 17.5. The Kier molecular flexibility index (Phi) is 13.1. The van der Waals surface area contributed by atoms with Crippen LogP contribution in [0, 0.1) is 32.1 Å². The van der Waals surface area contributed by atoms with E-state index in [2.05, 4.69) is 10.2 Å². The number of aromatic nitrogens is 2. The van der Waals surface area contributed by atoms with Crippen LogP contribution in [-0.4, -0.2) is 112 Å². The smallest absolute Gasteiger partial charge is 0.333 e. The molecule has 25 nitrogen and oxygen atoms in total. The summed E-state index contributed by atoms with van der Waals surface area (Å²) >= 11 is 0. The molecule has 6 rings (SSSR count). The zero-order valence-electron chi connectivity index (χ0n) is 33.9. The maximum Gasteiger partial charge on any atom is 0.333 e. The van der Waals surface area contributed by atoms with E-state index < -0.39 is 85.5 Å². The minimum absolute atomic E-state index is 0.0483. The van der Waals surface area contributed by atoms with E-state index in [1.54, 1.807) is 13.8 Å². The highest BCUT2D eigenvalue weighted by molar-refractivity contribution is 6.25. The van der Waals surface area contributed by atoms with Crippen molar-refractivity contribution in [2.75, 3.05) is 32.9 Å². The molecule has 0 spiro atoms. The van der Waals surface area contributed by atoms with Gasteiger partial charge in [-0.25, -0.2) is 9.59 Å². The largest absolute Gasteiger partial charge is 0.493 e. The van der Waals surface area contributed by atoms with E-state index in [0.29, 0.717) is 4.57 Å². The predicted octanol–water partition coefficient (Wildman–Crippen LogP) is 2.22. The average molecular weight is 850 g/mol. The monoisotopic (exact) mass is 849 g/mol. The fourth-order valence-corrected chi connectivity index (χ4v) is 6.02. The first-order chi connectivity index (χ1) is 28.3. The Morgan fingerprint density at radius 2 is 1.08 bits per heavy atom. The van der Waals surface area contributed by atoms with Gasteiger partial charge in [0.05, 0.1) is 32.1 Å². The molecular formula is C36H39N11O14. The number of rotatable bonds is 8. The van der Waals surface area contributed by atoms with Crippen LogP contribution >= 0.6 is 0 Å². The standard InChI is InChI=1S/C18H18N6O7.C12H13N3O4.C6H8N2O3/c1-8(2)7-23-14(25)9-5-6-10(24(30)31)12(11(9)15(23)26)19-20-13-16(27)21(3)18(29)22(4)17(13)28;1-6(2)5-14-11(16)7-3-4-8(15(18)19)10(13)9(7)12(14)17;1-7-4(9)3-5(10)8(2)6(7)11/h5-6,8,27H,7H2,1-4H3;3-4,6H,5,13H2,1-2H3;3H2,1-2H3. The normalized spacial score (nSPS) is 14.8. The number of barbiturate groups is 1. The van der Waals surface area contributed by atoms with Gasteiger partial charge in [-0.05, 0) is 24.0 Å². The Labute approximate surface area is 343 Å². The van der Waals surface area contributed by atoms with Gasteiger partial charge in [-0.3, -0.25) is 82.5 Å². The molecule has 1 aromatic heterocycles. The fourth-order valence-electron chi connectivity index (χ4n) is 6.02. The van der Waals surface area contributed by atoms with Crippen LogP contribution in [0.4, 0.5) is 33.2 Å². The summed E-state index contributed by atoms with van der Waals surface area (Å²) < 4.78 is 1.40. The van der Waals surface area contributed by atoms with Gasteiger partial charge in [0, 0.05) is 53.4 Å². The summed E-state index contributed by atoms with van der Waals surface area (Å²) in [6, 6.07) is 4.04. The fraction of sp³-hybridized carbons (Fsp3) is 0.361. The van der Waals surface area contributed by atoms with Crippen LogP contribution < -0.4 is 17.0 Å². The molecule has 3 N–H and O–H groups in total. The molecule has 3 aliphatic heterocycles. The zero-order valence-corrected chi connectivity index (χ0v) is 33.9. The number of carbonyl (C=O) groups is 7. The molecule has 1 fully saturated rings. The first-order valence-corrected chi connectivity index (χ1v) is 17.9. The van der Waals surface area contributed by atoms with E-state index in [-0.39, 0.29) is 65.0 Å². The van der Waals surface area contributed by atoms with Crippen LogP contribution in [0.5, 0.6) is 5.88 Å². The number of imide groups is 4. The maximum atomic E-state index is 12.9. The van der Waals surface area contributed by atoms with Crippen LogP contribution in [0.2, 0.25) is 0 Å². The van der Waals surface area contributed by atoms with Crippen molar-refractivity contribution in [1.82, 2.24) is 28.7 Å². The SMILES string of the molecule is CC(C)CN1C(=O)c2ccc([N+](=O)[O-])c(N)c2C1=O.CC(C)CN1C(=O)c2ccc([N+](=O)[O-])c(N=Nc3c(O)n(C)c(=O)n(C)c3=O)c2C1=O.CN1C(=O)CC(=O)N(C)C1=O. The van der Waals surface area contributed by atoms with Gasteiger partial charge in [-0.15, -0.1) is 10.2 Å². The van der Waals surface area contributed by atoms with E-state index in [1.807, 2.05) is 13.8 Å². The second-order valence-electron chi connectivity index (χ2n) is 14.5. The molecule has 0 unspecified atom stereocenters. The Bertz CT molecular complexity index is 2590. The molecule has 61 heavy (non-hydrogen) atoms. The third kappa shape index (κ3) is 8.60. The predicted molar refractivity (Wildman–Crippen MR) is 209 cm³/mol. The van der Waals surface area contributed by atoms with Gasteiger partial charge < -0.3 is 10.8 Å². The summed E-state index contributed by atoms with van der Waals surface area (Å²) in [4.78, 5) is 131. The molecule has 25 heteroatoms. The number of hydrogen-bond donors (Lipinski definition) is 2. The molecule has 0 radical (unpaired) electrons. The molecule has 3 aromatic rings. The topological polar surface area (TPSA) is 334 Å². The number of nitro groups is 2. The molecular weight excluding hydrogens is 810 g/mol. The molecule has 2 aromatic carbocycles. The summed E-state index contributed by atoms with van der Waals surface area (Å²) in [7, 11) is 5.05. The van der Waals surface area contributed by atoms with E-state index >= 15 is 0 Å². The molecule has 0 bridgehead atoms. The number of azo groups is 1. The van der Waals surface area contributed by atoms with Crippen molar-refractivity contribution in [1.29, 1.82) is 0 Å². The van der Waals surface area contributed by atoms with Crippen molar-refractivity contribution < 1.29 is 48.5 Å². The van der Waals surface area contributed by atoms with Crippen LogP contribution in [0.15, 0.2) is 44.1 Å². The third-order valence-electron chi connectivity index (χ3n) is 9.22. The Morgan fingerprint density at radius 3 is 1.54 bits per heavy atom. The molecule has 0 atom stereocenters. The number of amides is 8. The highest BCUT2D eigenvalue weighted by Crippen LogP contribution is 2.40. The van der Waals surface area contributed by atoms with E-state index in [1.165, 1.54) is 27.2 Å². The number of aromatic hydroxyl groups is 1. The average Bonchev–Trinajstić information content (AvgIpc) is 3.57. The third-order valence-corrected chi connectivity index (χ3v) is 9.22. The van der Waals surface area contributed by atoms with Crippen molar-refractivity contribution in [3.8, 4) is 5.88 Å². The van der Waals surface area contributed by atoms with Gasteiger partial charge in [0.2, 0.25) is 23.4 Å². The van der Waals surface area contributed by atoms with Crippen molar-refractivity contribution >= 4 is 69.9 Å². The lowest BCUT2D eigenvalue weighted by Crippen LogP contribution is -2.51. The number of nitro benzene ring substituents is 2. The quantitative estimate of drug-likeness (QED) is 0.0819. The van der Waals surface area contributed by atoms with Crippen molar-refractivity contribution in [2.24, 2.45) is 36.2 Å². The lowest BCUT2D eigenvalue weighted by atomic mass is 10.1. The van der Waals surface area contributed by atoms with Crippen molar-refractivity contribution in [3.05, 3.63) is 87.6 Å². The molecule has 0 aliphatic carbocycles. The molecule has 4 heterocycles. The summed E-state index contributed by atoms with van der Waals surface area (Å²) in [5, 5.41) is 39.7. The number of nitrogens with zero attached hydrogens (tertiary/aromatic N) is 10. The van der Waals surface area contributed by atoms with E-state index in [0.717, 1.165) is 49.4 Å². The highest BCUT2D eigenvalue weighted by Gasteiger charge is 2.42. The van der Waals surface area contributed by atoms with Gasteiger partial charge in [-0.2, -0.15) is 0 Å². The lowest BCUT2D eigenvalue weighted by Gasteiger charge is -2.26. The number of anilines is 1. The van der Waals surface area contributed by atoms with Gasteiger partial charge in [0.1, 0.15) is 12.1 Å². The number of nitrogen functional groups attached to an aromatic ring is 1. The Hall–Kier alpha value is -7.99. The van der Waals surface area contributed by atoms with Gasteiger partial charge >= 0.3 is 11.7 Å². The summed E-state index contributed by atoms with van der Waals surface area (Å²) in [5.41, 5.74) is 1.10. The summed E-state index contributed by atoms with van der Waals surface area (Å²) in [6.45, 7) is 7.69. The number of carbonyl (C=O) groups excluding carboxylic acids is 7. The van der Waals surface area contributed by atoms with Crippen LogP contribution in [0.25, 0.3) is 0 Å². The van der Waals surface area contributed by atoms with E-state index in [9.17, 15) is 68.5 Å². The van der Waals surface area contributed by atoms with Gasteiger partial charge in [-0.1, -0.05) is 27.7 Å². The zero-order chi connectivity index (χ0) is 46.1. The first-order valence-electron chi connectivity index (χ1n) is 17.9. The van der Waals surface area contributed by atoms with E-state index in [4.69, 9.17) is 5.73 Å². The second-order valence-corrected chi connectivity index (χ2v) is 14.5. The molecule has 3 aliphatic rings. The van der Waals surface area contributed by atoms with Gasteiger partial charge in [0.25, 0.3) is 40.6 Å². The van der Waals surface area contributed by atoms with Crippen LogP contribution in [0.1, 0.15) is 75.5 Å². The lowest BCUT2D eigenvalue weighted by molar-refractivity contribution is -0.384. The Balaban J connectivity index is 0.000000230. The van der Waals surface area contributed by atoms with Gasteiger partial charge in [0.15, 0.2) is 5.69 Å². The summed E-state index contributed by atoms with van der Waals surface area (Å²) in [6.07, 6.45) is -0.210. The van der Waals surface area contributed by atoms with Crippen molar-refractivity contribution in [3.63, 3.8) is 0 Å². The minimum Gasteiger partial charge on any atom is -0.493 e. The molecule has 322 valence electrons. The molecule has 0 saturated carbocycles. The highest BCUT2D eigenvalue weighted by atomic mass is 16.6. The molecule has 8 amide bonds. The number of nitrogens with two attached hydrogens (primary N) is 1. The van der Waals surface area contributed by atoms with Crippen LogP contribution in [0.3, 0.4) is 0 Å². The number of urea groups is 1. The Morgan fingerprint density at radius 1 is 0.656 bits per heavy atom. The maximum absolute atomic E-state index is 12.9.